The van der Waals surface area contributed by atoms with Crippen molar-refractivity contribution in [2.45, 2.75) is 31.7 Å². The highest BCUT2D eigenvalue weighted by Crippen LogP contribution is 2.29. The zero-order valence-electron chi connectivity index (χ0n) is 13.0. The molecule has 2 fully saturated rings. The number of pyridine rings is 1. The molecular formula is C18H24N4. The summed E-state index contributed by atoms with van der Waals surface area (Å²) in [5, 5.41) is 9.66. The molecule has 2 heterocycles. The molecule has 0 bridgehead atoms. The van der Waals surface area contributed by atoms with Crippen LogP contribution in [0.15, 0.2) is 30.5 Å². The summed E-state index contributed by atoms with van der Waals surface area (Å²) in [4.78, 5) is 7.07. The number of anilines is 2. The lowest BCUT2D eigenvalue weighted by molar-refractivity contribution is 0.586. The topological polar surface area (TPSA) is 40.2 Å². The molecule has 2 aliphatic rings. The van der Waals surface area contributed by atoms with Gasteiger partial charge in [-0.3, -0.25) is 0 Å². The fourth-order valence-corrected chi connectivity index (χ4v) is 3.68. The normalized spacial score (nSPS) is 19.7. The smallest absolute Gasteiger partial charge is 0.136 e. The fourth-order valence-electron chi connectivity index (χ4n) is 3.68. The second-order valence-electron chi connectivity index (χ2n) is 6.43. The Hall–Kier alpha value is -1.81. The van der Waals surface area contributed by atoms with E-state index in [1.165, 1.54) is 42.1 Å². The van der Waals surface area contributed by atoms with Crippen molar-refractivity contribution in [2.24, 2.45) is 0 Å². The summed E-state index contributed by atoms with van der Waals surface area (Å²) >= 11 is 0. The summed E-state index contributed by atoms with van der Waals surface area (Å²) in [5.74, 6) is 1.13. The van der Waals surface area contributed by atoms with Gasteiger partial charge in [0.2, 0.25) is 0 Å². The molecule has 1 aliphatic carbocycles. The Morgan fingerprint density at radius 1 is 1.09 bits per heavy atom. The summed E-state index contributed by atoms with van der Waals surface area (Å²) in [6.07, 6.45) is 7.26. The van der Waals surface area contributed by atoms with E-state index in [1.807, 2.05) is 6.20 Å². The number of piperazine rings is 1. The summed E-state index contributed by atoms with van der Waals surface area (Å²) < 4.78 is 0. The van der Waals surface area contributed by atoms with Crippen LogP contribution < -0.4 is 15.5 Å². The first kappa shape index (κ1) is 13.8. The maximum atomic E-state index is 4.67. The van der Waals surface area contributed by atoms with E-state index in [9.17, 15) is 0 Å². The van der Waals surface area contributed by atoms with Crippen LogP contribution in [0.2, 0.25) is 0 Å². The molecule has 22 heavy (non-hydrogen) atoms. The number of fused-ring (bicyclic) bond motifs is 1. The molecule has 2 aromatic rings. The zero-order valence-corrected chi connectivity index (χ0v) is 13.0. The molecule has 1 aliphatic heterocycles. The molecule has 4 heteroatoms. The predicted molar refractivity (Wildman–Crippen MR) is 92.7 cm³/mol. The average molecular weight is 296 g/mol. The van der Waals surface area contributed by atoms with Gasteiger partial charge in [-0.25, -0.2) is 4.98 Å². The number of benzene rings is 1. The predicted octanol–water partition coefficient (Wildman–Crippen LogP) is 3.00. The lowest BCUT2D eigenvalue weighted by atomic mass is 10.1. The molecule has 0 spiro atoms. The quantitative estimate of drug-likeness (QED) is 0.913. The second-order valence-corrected chi connectivity index (χ2v) is 6.43. The lowest BCUT2D eigenvalue weighted by Crippen LogP contribution is -2.43. The highest BCUT2D eigenvalue weighted by Gasteiger charge is 2.17. The maximum absolute atomic E-state index is 4.67. The van der Waals surface area contributed by atoms with Gasteiger partial charge in [0.1, 0.15) is 5.82 Å². The van der Waals surface area contributed by atoms with Crippen LogP contribution in [0.4, 0.5) is 11.5 Å². The van der Waals surface area contributed by atoms with Crippen molar-refractivity contribution in [1.29, 1.82) is 0 Å². The van der Waals surface area contributed by atoms with Crippen molar-refractivity contribution in [1.82, 2.24) is 10.3 Å². The Balaban J connectivity index is 1.66. The van der Waals surface area contributed by atoms with Crippen molar-refractivity contribution in [3.05, 3.63) is 30.5 Å². The maximum Gasteiger partial charge on any atom is 0.136 e. The van der Waals surface area contributed by atoms with Crippen LogP contribution in [0, 0.1) is 0 Å². The molecule has 1 aromatic carbocycles. The van der Waals surface area contributed by atoms with Gasteiger partial charge in [0, 0.05) is 49.5 Å². The number of rotatable bonds is 3. The number of aromatic nitrogens is 1. The molecule has 4 nitrogen and oxygen atoms in total. The first-order chi connectivity index (χ1) is 10.9. The van der Waals surface area contributed by atoms with E-state index in [2.05, 4.69) is 44.8 Å². The number of nitrogens with zero attached hydrogens (tertiary/aromatic N) is 2. The van der Waals surface area contributed by atoms with Crippen molar-refractivity contribution < 1.29 is 0 Å². The molecule has 4 rings (SSSR count). The zero-order chi connectivity index (χ0) is 14.8. The first-order valence-corrected chi connectivity index (χ1v) is 8.51. The highest BCUT2D eigenvalue weighted by atomic mass is 15.2. The highest BCUT2D eigenvalue weighted by molar-refractivity contribution is 5.94. The van der Waals surface area contributed by atoms with Gasteiger partial charge in [0.05, 0.1) is 0 Å². The Bertz CT molecular complexity index is 643. The molecule has 0 atom stereocenters. The van der Waals surface area contributed by atoms with E-state index in [-0.39, 0.29) is 0 Å². The third-order valence-electron chi connectivity index (χ3n) is 4.89. The molecule has 116 valence electrons. The molecule has 1 saturated carbocycles. The van der Waals surface area contributed by atoms with Crippen molar-refractivity contribution >= 4 is 22.3 Å². The molecule has 2 N–H and O–H groups in total. The van der Waals surface area contributed by atoms with Gasteiger partial charge in [0.15, 0.2) is 0 Å². The minimum absolute atomic E-state index is 0.650. The third-order valence-corrected chi connectivity index (χ3v) is 4.89. The van der Waals surface area contributed by atoms with Crippen LogP contribution in [0.1, 0.15) is 25.7 Å². The van der Waals surface area contributed by atoms with Gasteiger partial charge in [-0.15, -0.1) is 0 Å². The Morgan fingerprint density at radius 2 is 1.91 bits per heavy atom. The van der Waals surface area contributed by atoms with Crippen LogP contribution in [-0.2, 0) is 0 Å². The monoisotopic (exact) mass is 296 g/mol. The third kappa shape index (κ3) is 2.75. The van der Waals surface area contributed by atoms with Crippen LogP contribution in [-0.4, -0.2) is 37.2 Å². The molecule has 0 radical (unpaired) electrons. The summed E-state index contributed by atoms with van der Waals surface area (Å²) in [5.41, 5.74) is 1.24. The standard InChI is InChI=1S/C18H24N4/c1-2-4-15(3-1)21-16-6-5-14-7-8-20-18(17(14)13-16)22-11-9-19-10-12-22/h5-8,13,15,19,21H,1-4,9-12H2. The Labute approximate surface area is 131 Å². The second kappa shape index (κ2) is 6.13. The van der Waals surface area contributed by atoms with Crippen molar-refractivity contribution in [3.8, 4) is 0 Å². The van der Waals surface area contributed by atoms with Crippen LogP contribution in [0.5, 0.6) is 0 Å². The van der Waals surface area contributed by atoms with Crippen molar-refractivity contribution in [2.75, 3.05) is 36.4 Å². The van der Waals surface area contributed by atoms with Gasteiger partial charge in [-0.05, 0) is 36.4 Å². The summed E-state index contributed by atoms with van der Waals surface area (Å²) in [6.45, 7) is 4.15. The van der Waals surface area contributed by atoms with Crippen LogP contribution >= 0.6 is 0 Å². The first-order valence-electron chi connectivity index (χ1n) is 8.51. The molecule has 1 saturated heterocycles. The lowest BCUT2D eigenvalue weighted by Gasteiger charge is -2.29. The molecule has 1 aromatic heterocycles. The summed E-state index contributed by atoms with van der Waals surface area (Å²) in [6, 6.07) is 9.48. The molecule has 0 unspecified atom stereocenters. The van der Waals surface area contributed by atoms with E-state index in [4.69, 9.17) is 0 Å². The number of hydrogen-bond donors (Lipinski definition) is 2. The van der Waals surface area contributed by atoms with E-state index in [0.29, 0.717) is 6.04 Å². The van der Waals surface area contributed by atoms with Crippen LogP contribution in [0.3, 0.4) is 0 Å². The Kier molecular flexibility index (Phi) is 3.85. The van der Waals surface area contributed by atoms with E-state index >= 15 is 0 Å². The minimum atomic E-state index is 0.650. The SMILES string of the molecule is c1cc2ccc(NC3CCCC3)cc2c(N2CCNCC2)n1. The van der Waals surface area contributed by atoms with Gasteiger partial charge < -0.3 is 15.5 Å². The number of nitrogens with one attached hydrogen (secondary N) is 2. The molecular weight excluding hydrogens is 272 g/mol. The minimum Gasteiger partial charge on any atom is -0.382 e. The van der Waals surface area contributed by atoms with Gasteiger partial charge >= 0.3 is 0 Å². The van der Waals surface area contributed by atoms with Gasteiger partial charge in [0.25, 0.3) is 0 Å². The Morgan fingerprint density at radius 3 is 2.73 bits per heavy atom. The largest absolute Gasteiger partial charge is 0.382 e. The molecule has 0 amide bonds. The summed E-state index contributed by atoms with van der Waals surface area (Å²) in [7, 11) is 0. The fraction of sp³-hybridized carbons (Fsp3) is 0.500. The van der Waals surface area contributed by atoms with Gasteiger partial charge in [-0.1, -0.05) is 18.9 Å². The van der Waals surface area contributed by atoms with E-state index in [1.54, 1.807) is 0 Å². The number of hydrogen-bond acceptors (Lipinski definition) is 4. The van der Waals surface area contributed by atoms with E-state index in [0.717, 1.165) is 32.0 Å². The van der Waals surface area contributed by atoms with Crippen molar-refractivity contribution in [3.63, 3.8) is 0 Å². The van der Waals surface area contributed by atoms with Crippen LogP contribution in [0.25, 0.3) is 10.8 Å². The average Bonchev–Trinajstić information content (AvgIpc) is 3.08. The van der Waals surface area contributed by atoms with E-state index < -0.39 is 0 Å². The van der Waals surface area contributed by atoms with Gasteiger partial charge in [-0.2, -0.15) is 0 Å².